The summed E-state index contributed by atoms with van der Waals surface area (Å²) in [6, 6.07) is 7.29. The minimum absolute atomic E-state index is 0.0613. The lowest BCUT2D eigenvalue weighted by molar-refractivity contribution is -0.385. The highest BCUT2D eigenvalue weighted by atomic mass is 16.6. The monoisotopic (exact) mass is 287 g/mol. The van der Waals surface area contributed by atoms with Crippen LogP contribution in [0.4, 0.5) is 11.4 Å². The van der Waals surface area contributed by atoms with E-state index in [0.717, 1.165) is 5.69 Å². The molecule has 0 saturated heterocycles. The highest BCUT2D eigenvalue weighted by Crippen LogP contribution is 2.25. The van der Waals surface area contributed by atoms with Gasteiger partial charge in [0.15, 0.2) is 0 Å². The Balaban J connectivity index is 2.35. The second-order valence-corrected chi connectivity index (χ2v) is 4.28. The Kier molecular flexibility index (Phi) is 4.13. The number of aryl methyl sites for hydroxylation is 1. The van der Waals surface area contributed by atoms with Gasteiger partial charge in [-0.25, -0.2) is 0 Å². The predicted molar refractivity (Wildman–Crippen MR) is 76.6 cm³/mol. The quantitative estimate of drug-likeness (QED) is 0.688. The van der Waals surface area contributed by atoms with Crippen molar-refractivity contribution in [2.24, 2.45) is 0 Å². The number of benzene rings is 1. The van der Waals surface area contributed by atoms with E-state index in [-0.39, 0.29) is 11.3 Å². The number of hydrogen-bond acceptors (Lipinski definition) is 5. The predicted octanol–water partition coefficient (Wildman–Crippen LogP) is 2.56. The number of carbonyl (C=O) groups excluding carboxylic acids is 1. The van der Waals surface area contributed by atoms with Crippen LogP contribution in [0.3, 0.4) is 0 Å². The molecule has 0 atom stereocenters. The minimum Gasteiger partial charge on any atom is -0.497 e. The molecule has 1 aromatic carbocycles. The van der Waals surface area contributed by atoms with Crippen molar-refractivity contribution in [3.8, 4) is 5.75 Å². The number of methoxy groups -OCH3 is 1. The molecule has 7 nitrogen and oxygen atoms in total. The minimum atomic E-state index is -0.605. The maximum atomic E-state index is 12.2. The number of nitrogens with zero attached hydrogens (tertiary/aromatic N) is 2. The average molecular weight is 287 g/mol. The standard InChI is InChI=1S/C14H13N3O4/c1-9-7-10(5-6-15-9)16-14(18)12-8-11(21-2)3-4-13(12)17(19)20/h3-8H,1-2H3,(H,15,16,18). The van der Waals surface area contributed by atoms with E-state index in [9.17, 15) is 14.9 Å². The first-order valence-electron chi connectivity index (χ1n) is 6.07. The van der Waals surface area contributed by atoms with Gasteiger partial charge in [-0.3, -0.25) is 19.9 Å². The fraction of sp³-hybridized carbons (Fsp3) is 0.143. The lowest BCUT2D eigenvalue weighted by Crippen LogP contribution is -2.14. The number of ether oxygens (including phenoxy) is 1. The summed E-state index contributed by atoms with van der Waals surface area (Å²) in [7, 11) is 1.43. The molecule has 0 bridgehead atoms. The van der Waals surface area contributed by atoms with Crippen LogP contribution >= 0.6 is 0 Å². The van der Waals surface area contributed by atoms with Gasteiger partial charge in [-0.1, -0.05) is 0 Å². The molecule has 1 amide bonds. The van der Waals surface area contributed by atoms with Gasteiger partial charge in [0.05, 0.1) is 12.0 Å². The first kappa shape index (κ1) is 14.4. The number of amides is 1. The molecule has 1 aromatic heterocycles. The van der Waals surface area contributed by atoms with Crippen LogP contribution in [0.25, 0.3) is 0 Å². The SMILES string of the molecule is COc1ccc([N+](=O)[O-])c(C(=O)Nc2ccnc(C)c2)c1. The molecule has 0 aliphatic heterocycles. The van der Waals surface area contributed by atoms with Gasteiger partial charge >= 0.3 is 0 Å². The van der Waals surface area contributed by atoms with E-state index in [1.54, 1.807) is 25.3 Å². The summed E-state index contributed by atoms with van der Waals surface area (Å²) < 4.78 is 5.00. The normalized spacial score (nSPS) is 10.0. The first-order chi connectivity index (χ1) is 10.0. The second kappa shape index (κ2) is 6.00. The fourth-order valence-corrected chi connectivity index (χ4v) is 1.80. The van der Waals surface area contributed by atoms with Gasteiger partial charge in [-0.05, 0) is 31.2 Å². The summed E-state index contributed by atoms with van der Waals surface area (Å²) in [4.78, 5) is 26.6. The molecule has 2 rings (SSSR count). The van der Waals surface area contributed by atoms with Crippen molar-refractivity contribution >= 4 is 17.3 Å². The van der Waals surface area contributed by atoms with Gasteiger partial charge < -0.3 is 10.1 Å². The van der Waals surface area contributed by atoms with Crippen LogP contribution in [0.15, 0.2) is 36.5 Å². The fourth-order valence-electron chi connectivity index (χ4n) is 1.80. The van der Waals surface area contributed by atoms with E-state index in [1.807, 2.05) is 0 Å². The molecule has 0 spiro atoms. The number of nitrogens with one attached hydrogen (secondary N) is 1. The van der Waals surface area contributed by atoms with Gasteiger partial charge in [0.25, 0.3) is 11.6 Å². The molecule has 0 fully saturated rings. The maximum Gasteiger partial charge on any atom is 0.282 e. The van der Waals surface area contributed by atoms with E-state index in [0.29, 0.717) is 11.4 Å². The summed E-state index contributed by atoms with van der Waals surface area (Å²) in [5.41, 5.74) is 0.908. The molecular formula is C14H13N3O4. The Hall–Kier alpha value is -2.96. The van der Waals surface area contributed by atoms with Crippen molar-refractivity contribution in [1.29, 1.82) is 0 Å². The molecule has 2 aromatic rings. The van der Waals surface area contributed by atoms with Crippen LogP contribution in [0.5, 0.6) is 5.75 Å². The summed E-state index contributed by atoms with van der Waals surface area (Å²) in [6.45, 7) is 1.78. The third kappa shape index (κ3) is 3.33. The van der Waals surface area contributed by atoms with Gasteiger partial charge in [0, 0.05) is 23.6 Å². The molecule has 108 valence electrons. The topological polar surface area (TPSA) is 94.4 Å². The zero-order valence-electron chi connectivity index (χ0n) is 11.5. The molecular weight excluding hydrogens is 274 g/mol. The third-order valence-electron chi connectivity index (χ3n) is 2.80. The van der Waals surface area contributed by atoms with Crippen LogP contribution in [-0.2, 0) is 0 Å². The van der Waals surface area contributed by atoms with Crippen molar-refractivity contribution in [1.82, 2.24) is 4.98 Å². The Morgan fingerprint density at radius 3 is 2.71 bits per heavy atom. The highest BCUT2D eigenvalue weighted by Gasteiger charge is 2.21. The van der Waals surface area contributed by atoms with Crippen LogP contribution in [0.1, 0.15) is 16.1 Å². The van der Waals surface area contributed by atoms with E-state index in [1.165, 1.54) is 25.3 Å². The van der Waals surface area contributed by atoms with Crippen LogP contribution in [0, 0.1) is 17.0 Å². The van der Waals surface area contributed by atoms with Gasteiger partial charge in [-0.15, -0.1) is 0 Å². The molecule has 1 heterocycles. The Labute approximate surface area is 120 Å². The van der Waals surface area contributed by atoms with E-state index < -0.39 is 10.8 Å². The largest absolute Gasteiger partial charge is 0.497 e. The summed E-state index contributed by atoms with van der Waals surface area (Å²) in [5, 5.41) is 13.6. The second-order valence-electron chi connectivity index (χ2n) is 4.28. The molecule has 0 unspecified atom stereocenters. The van der Waals surface area contributed by atoms with E-state index in [4.69, 9.17) is 4.74 Å². The lowest BCUT2D eigenvalue weighted by atomic mass is 10.1. The Bertz CT molecular complexity index is 700. The summed E-state index contributed by atoms with van der Waals surface area (Å²) in [5.74, 6) is -0.206. The van der Waals surface area contributed by atoms with Gasteiger partial charge in [0.1, 0.15) is 11.3 Å². The number of nitro benzene ring substituents is 1. The number of hydrogen-bond donors (Lipinski definition) is 1. The summed E-state index contributed by atoms with van der Waals surface area (Å²) in [6.07, 6.45) is 1.55. The molecule has 0 radical (unpaired) electrons. The Morgan fingerprint density at radius 1 is 1.33 bits per heavy atom. The number of pyridine rings is 1. The smallest absolute Gasteiger partial charge is 0.282 e. The van der Waals surface area contributed by atoms with Gasteiger partial charge in [-0.2, -0.15) is 0 Å². The maximum absolute atomic E-state index is 12.2. The molecule has 0 aliphatic rings. The molecule has 7 heteroatoms. The molecule has 1 N–H and O–H groups in total. The molecule has 0 aliphatic carbocycles. The van der Waals surface area contributed by atoms with Crippen LogP contribution < -0.4 is 10.1 Å². The first-order valence-corrected chi connectivity index (χ1v) is 6.07. The molecule has 21 heavy (non-hydrogen) atoms. The summed E-state index contributed by atoms with van der Waals surface area (Å²) >= 11 is 0. The number of nitro groups is 1. The van der Waals surface area contributed by atoms with Crippen LogP contribution in [-0.4, -0.2) is 22.9 Å². The highest BCUT2D eigenvalue weighted by molar-refractivity contribution is 6.07. The zero-order valence-corrected chi connectivity index (χ0v) is 11.5. The average Bonchev–Trinajstić information content (AvgIpc) is 2.46. The number of anilines is 1. The van der Waals surface area contributed by atoms with Crippen molar-refractivity contribution in [3.63, 3.8) is 0 Å². The lowest BCUT2D eigenvalue weighted by Gasteiger charge is -2.07. The van der Waals surface area contributed by atoms with E-state index >= 15 is 0 Å². The number of rotatable bonds is 4. The number of carbonyl (C=O) groups is 1. The van der Waals surface area contributed by atoms with Crippen LogP contribution in [0.2, 0.25) is 0 Å². The van der Waals surface area contributed by atoms with Crippen molar-refractivity contribution in [2.75, 3.05) is 12.4 Å². The van der Waals surface area contributed by atoms with Crippen molar-refractivity contribution in [2.45, 2.75) is 6.92 Å². The van der Waals surface area contributed by atoms with Crippen molar-refractivity contribution in [3.05, 3.63) is 57.9 Å². The zero-order chi connectivity index (χ0) is 15.4. The number of aromatic nitrogens is 1. The third-order valence-corrected chi connectivity index (χ3v) is 2.80. The van der Waals surface area contributed by atoms with Gasteiger partial charge in [0.2, 0.25) is 0 Å². The Morgan fingerprint density at radius 2 is 2.10 bits per heavy atom. The molecule has 0 saturated carbocycles. The van der Waals surface area contributed by atoms with Crippen molar-refractivity contribution < 1.29 is 14.5 Å². The van der Waals surface area contributed by atoms with E-state index in [2.05, 4.69) is 10.3 Å².